The minimum absolute atomic E-state index is 0.00116. The Morgan fingerprint density at radius 2 is 1.97 bits per heavy atom. The van der Waals surface area contributed by atoms with Crippen LogP contribution in [0.25, 0.3) is 0 Å². The van der Waals surface area contributed by atoms with Gasteiger partial charge in [-0.15, -0.1) is 5.10 Å². The molecule has 0 radical (unpaired) electrons. The lowest BCUT2D eigenvalue weighted by Crippen LogP contribution is -2.49. The van der Waals surface area contributed by atoms with Gasteiger partial charge in [0.2, 0.25) is 0 Å². The number of fused-ring (bicyclic) bond motifs is 1. The zero-order chi connectivity index (χ0) is 25.8. The molecule has 0 spiro atoms. The van der Waals surface area contributed by atoms with Crippen LogP contribution in [0.5, 0.6) is 0 Å². The van der Waals surface area contributed by atoms with Gasteiger partial charge in [0.1, 0.15) is 6.10 Å². The SMILES string of the molecule is Cc1snnc1C(=O)N1CC[C@H]2O[C@@H](C(=O)N(C)Cc3ccccn3)CC[C@H]21.O=C(O)C(F)(F)F. The highest BCUT2D eigenvalue weighted by atomic mass is 32.1. The molecule has 2 aliphatic rings. The topological polar surface area (TPSA) is 126 Å². The van der Waals surface area contributed by atoms with Crippen molar-refractivity contribution < 1.29 is 37.4 Å². The summed E-state index contributed by atoms with van der Waals surface area (Å²) >= 11 is 1.23. The normalized spacial score (nSPS) is 21.5. The van der Waals surface area contributed by atoms with Crippen LogP contribution in [0.3, 0.4) is 0 Å². The average Bonchev–Trinajstić information content (AvgIpc) is 3.44. The van der Waals surface area contributed by atoms with Crippen LogP contribution < -0.4 is 0 Å². The minimum atomic E-state index is -5.08. The monoisotopic (exact) mass is 515 g/mol. The summed E-state index contributed by atoms with van der Waals surface area (Å²) in [6.07, 6.45) is -1.85. The van der Waals surface area contributed by atoms with Crippen molar-refractivity contribution in [1.82, 2.24) is 24.4 Å². The first-order chi connectivity index (χ1) is 16.5. The smallest absolute Gasteiger partial charge is 0.475 e. The van der Waals surface area contributed by atoms with Crippen LogP contribution >= 0.6 is 11.5 Å². The summed E-state index contributed by atoms with van der Waals surface area (Å²) in [5.74, 6) is -2.87. The third-order valence-corrected chi connectivity index (χ3v) is 6.31. The molecule has 190 valence electrons. The zero-order valence-electron chi connectivity index (χ0n) is 18.9. The molecular formula is C21H24F3N5O5S. The van der Waals surface area contributed by atoms with Crippen molar-refractivity contribution in [2.24, 2.45) is 0 Å². The number of likely N-dealkylation sites (tertiary alicyclic amines) is 1. The van der Waals surface area contributed by atoms with Gasteiger partial charge in [-0.25, -0.2) is 4.79 Å². The molecule has 0 saturated carbocycles. The molecule has 2 amide bonds. The number of ether oxygens (including phenoxy) is 1. The lowest BCUT2D eigenvalue weighted by molar-refractivity contribution is -0.192. The van der Waals surface area contributed by atoms with Crippen LogP contribution in [0.1, 0.15) is 40.3 Å². The Kier molecular flexibility index (Phi) is 8.38. The highest BCUT2D eigenvalue weighted by Gasteiger charge is 2.44. The molecule has 2 fully saturated rings. The van der Waals surface area contributed by atoms with Gasteiger partial charge in [0, 0.05) is 19.8 Å². The van der Waals surface area contributed by atoms with Crippen molar-refractivity contribution in [3.05, 3.63) is 40.7 Å². The van der Waals surface area contributed by atoms with Gasteiger partial charge in [-0.1, -0.05) is 10.6 Å². The second-order valence-electron chi connectivity index (χ2n) is 8.09. The fourth-order valence-electron chi connectivity index (χ4n) is 3.98. The Bertz CT molecular complexity index is 1050. The Morgan fingerprint density at radius 3 is 2.54 bits per heavy atom. The minimum Gasteiger partial charge on any atom is -0.475 e. The Hall–Kier alpha value is -3.13. The van der Waals surface area contributed by atoms with Crippen molar-refractivity contribution in [2.75, 3.05) is 13.6 Å². The number of likely N-dealkylation sites (N-methyl/N-ethyl adjacent to an activating group) is 1. The lowest BCUT2D eigenvalue weighted by atomic mass is 9.98. The highest BCUT2D eigenvalue weighted by Crippen LogP contribution is 2.33. The van der Waals surface area contributed by atoms with Crippen LogP contribution in [0.2, 0.25) is 0 Å². The summed E-state index contributed by atoms with van der Waals surface area (Å²) in [6.45, 7) is 2.93. The molecule has 3 atom stereocenters. The molecule has 2 aromatic heterocycles. The van der Waals surface area contributed by atoms with Gasteiger partial charge in [-0.05, 0) is 49.9 Å². The number of aliphatic carboxylic acids is 1. The largest absolute Gasteiger partial charge is 0.490 e. The maximum Gasteiger partial charge on any atom is 0.490 e. The number of halogens is 3. The number of carbonyl (C=O) groups is 3. The molecule has 14 heteroatoms. The maximum absolute atomic E-state index is 12.8. The number of amides is 2. The molecular weight excluding hydrogens is 491 g/mol. The van der Waals surface area contributed by atoms with E-state index >= 15 is 0 Å². The van der Waals surface area contributed by atoms with E-state index in [0.717, 1.165) is 23.4 Å². The number of aromatic nitrogens is 3. The van der Waals surface area contributed by atoms with Crippen LogP contribution in [-0.4, -0.2) is 85.3 Å². The molecule has 2 aliphatic heterocycles. The lowest BCUT2D eigenvalue weighted by Gasteiger charge is -2.36. The first kappa shape index (κ1) is 26.5. The molecule has 1 N–H and O–H groups in total. The maximum atomic E-state index is 12.8. The Morgan fingerprint density at radius 1 is 1.26 bits per heavy atom. The van der Waals surface area contributed by atoms with E-state index in [2.05, 4.69) is 14.6 Å². The van der Waals surface area contributed by atoms with Gasteiger partial charge in [0.05, 0.1) is 29.3 Å². The number of rotatable bonds is 4. The predicted molar refractivity (Wildman–Crippen MR) is 116 cm³/mol. The number of aryl methyl sites for hydroxylation is 1. The van der Waals surface area contributed by atoms with Crippen LogP contribution in [0, 0.1) is 6.92 Å². The highest BCUT2D eigenvalue weighted by molar-refractivity contribution is 7.05. The number of carboxylic acid groups (broad SMARTS) is 1. The average molecular weight is 516 g/mol. The standard InChI is InChI=1S/C19H23N5O3S.C2HF3O2/c1-12-17(21-22-28-12)19(26)24-10-8-15-14(24)6-7-16(27-15)18(25)23(2)11-13-5-3-4-9-20-13;3-2(4,5)1(6)7/h3-5,9,14-16H,6-8,10-11H2,1-2H3;(H,6,7)/t14-,15-,16-;/m1./s1. The first-order valence-corrected chi connectivity index (χ1v) is 11.5. The Balaban J connectivity index is 0.000000429. The summed E-state index contributed by atoms with van der Waals surface area (Å²) in [5, 5.41) is 11.1. The van der Waals surface area contributed by atoms with Gasteiger partial charge >= 0.3 is 12.1 Å². The first-order valence-electron chi connectivity index (χ1n) is 10.7. The van der Waals surface area contributed by atoms with E-state index in [1.54, 1.807) is 18.1 Å². The number of hydrogen-bond acceptors (Lipinski definition) is 8. The summed E-state index contributed by atoms with van der Waals surface area (Å²) in [7, 11) is 1.77. The van der Waals surface area contributed by atoms with Crippen molar-refractivity contribution >= 4 is 29.3 Å². The molecule has 4 heterocycles. The van der Waals surface area contributed by atoms with E-state index in [4.69, 9.17) is 14.6 Å². The van der Waals surface area contributed by atoms with E-state index in [1.807, 2.05) is 30.0 Å². The molecule has 4 rings (SSSR count). The molecule has 2 aromatic rings. The van der Waals surface area contributed by atoms with Gasteiger partial charge in [0.15, 0.2) is 5.69 Å². The quantitative estimate of drug-likeness (QED) is 0.658. The predicted octanol–water partition coefficient (Wildman–Crippen LogP) is 2.30. The molecule has 35 heavy (non-hydrogen) atoms. The summed E-state index contributed by atoms with van der Waals surface area (Å²) in [4.78, 5) is 43.1. The molecule has 10 nitrogen and oxygen atoms in total. The van der Waals surface area contributed by atoms with E-state index in [9.17, 15) is 22.8 Å². The number of nitrogens with zero attached hydrogens (tertiary/aromatic N) is 5. The molecule has 2 saturated heterocycles. The number of alkyl halides is 3. The molecule has 0 unspecified atom stereocenters. The zero-order valence-corrected chi connectivity index (χ0v) is 19.8. The van der Waals surface area contributed by atoms with Crippen molar-refractivity contribution in [3.8, 4) is 0 Å². The van der Waals surface area contributed by atoms with E-state index < -0.39 is 18.2 Å². The van der Waals surface area contributed by atoms with Gasteiger partial charge < -0.3 is 19.6 Å². The van der Waals surface area contributed by atoms with Gasteiger partial charge in [-0.3, -0.25) is 14.6 Å². The second-order valence-corrected chi connectivity index (χ2v) is 9.05. The van der Waals surface area contributed by atoms with E-state index in [-0.39, 0.29) is 24.0 Å². The molecule has 0 bridgehead atoms. The third kappa shape index (κ3) is 6.51. The van der Waals surface area contributed by atoms with Crippen LogP contribution in [-0.2, 0) is 20.9 Å². The van der Waals surface area contributed by atoms with E-state index in [1.165, 1.54) is 11.5 Å². The van der Waals surface area contributed by atoms with E-state index in [0.29, 0.717) is 25.2 Å². The number of carbonyl (C=O) groups excluding carboxylic acids is 2. The molecule has 0 aromatic carbocycles. The van der Waals surface area contributed by atoms with Crippen LogP contribution in [0.4, 0.5) is 13.2 Å². The summed E-state index contributed by atoms with van der Waals surface area (Å²) in [5.41, 5.74) is 1.27. The number of pyridine rings is 1. The van der Waals surface area contributed by atoms with Gasteiger partial charge in [0.25, 0.3) is 11.8 Å². The van der Waals surface area contributed by atoms with Crippen molar-refractivity contribution in [2.45, 2.75) is 57.2 Å². The second kappa shape index (κ2) is 11.1. The Labute approximate surface area is 202 Å². The summed E-state index contributed by atoms with van der Waals surface area (Å²) < 4.78 is 41.7. The van der Waals surface area contributed by atoms with Crippen molar-refractivity contribution in [1.29, 1.82) is 0 Å². The van der Waals surface area contributed by atoms with Crippen molar-refractivity contribution in [3.63, 3.8) is 0 Å². The fourth-order valence-corrected chi connectivity index (χ4v) is 4.44. The molecule has 0 aliphatic carbocycles. The summed E-state index contributed by atoms with van der Waals surface area (Å²) in [6, 6.07) is 5.66. The number of hydrogen-bond donors (Lipinski definition) is 1. The third-order valence-electron chi connectivity index (χ3n) is 5.68. The van der Waals surface area contributed by atoms with Crippen LogP contribution in [0.15, 0.2) is 24.4 Å². The fraction of sp³-hybridized carbons (Fsp3) is 0.524. The number of carboxylic acids is 1. The van der Waals surface area contributed by atoms with Gasteiger partial charge in [-0.2, -0.15) is 13.2 Å².